The summed E-state index contributed by atoms with van der Waals surface area (Å²) in [5.41, 5.74) is 5.18. The highest BCUT2D eigenvalue weighted by atomic mass is 31.2. The first-order chi connectivity index (χ1) is 15.5. The predicted octanol–water partition coefficient (Wildman–Crippen LogP) is 5.39. The minimum atomic E-state index is -4.06. The molecule has 9 heteroatoms. The van der Waals surface area contributed by atoms with Gasteiger partial charge >= 0.3 is 13.9 Å². The summed E-state index contributed by atoms with van der Waals surface area (Å²) in [4.78, 5) is 20.9. The zero-order chi connectivity index (χ0) is 23.8. The highest BCUT2D eigenvalue weighted by Gasteiger charge is 2.19. The van der Waals surface area contributed by atoms with Crippen molar-refractivity contribution in [2.75, 3.05) is 32.9 Å². The van der Waals surface area contributed by atoms with Gasteiger partial charge in [0.1, 0.15) is 0 Å². The lowest BCUT2D eigenvalue weighted by molar-refractivity contribution is 0.122. The van der Waals surface area contributed by atoms with Gasteiger partial charge in [0.2, 0.25) is 0 Å². The third kappa shape index (κ3) is 23.2. The van der Waals surface area contributed by atoms with Crippen LogP contribution in [0.4, 0.5) is 4.79 Å². The van der Waals surface area contributed by atoms with Crippen molar-refractivity contribution in [2.45, 2.75) is 71.1 Å². The quantitative estimate of drug-likeness (QED) is 0.116. The van der Waals surface area contributed by atoms with Crippen molar-refractivity contribution in [3.63, 3.8) is 0 Å². The number of carbonyl (C=O) groups is 1. The first-order valence-electron chi connectivity index (χ1n) is 11.7. The third-order valence-corrected chi connectivity index (χ3v) is 5.26. The molecule has 0 aromatic heterocycles. The molecule has 0 spiro atoms. The highest BCUT2D eigenvalue weighted by molar-refractivity contribution is 7.47. The molecule has 0 fully saturated rings. The Kier molecular flexibility index (Phi) is 21.7. The molecule has 0 saturated carbocycles. The molecule has 8 nitrogen and oxygen atoms in total. The SMILES string of the molecule is CCC=CCC=CCC=CCCCCCCCNC(=O)OCCCOP(=O)(O)OCCN. The number of alkyl carbamates (subject to hydrolysis) is 1. The fourth-order valence-electron chi connectivity index (χ4n) is 2.59. The second kappa shape index (κ2) is 22.7. The Balaban J connectivity index is 3.41. The number of hydrogen-bond donors (Lipinski definition) is 3. The number of unbranched alkanes of at least 4 members (excludes halogenated alkanes) is 5. The maximum atomic E-state index is 11.6. The van der Waals surface area contributed by atoms with Crippen molar-refractivity contribution >= 4 is 13.9 Å². The Labute approximate surface area is 193 Å². The van der Waals surface area contributed by atoms with Crippen LogP contribution in [0, 0.1) is 0 Å². The molecule has 0 aliphatic heterocycles. The van der Waals surface area contributed by atoms with Gasteiger partial charge in [-0.1, -0.05) is 62.6 Å². The zero-order valence-electron chi connectivity index (χ0n) is 19.6. The van der Waals surface area contributed by atoms with E-state index in [4.69, 9.17) is 15.0 Å². The molecule has 0 bridgehead atoms. The minimum absolute atomic E-state index is 0.0475. The molecule has 0 radical (unpaired) electrons. The van der Waals surface area contributed by atoms with E-state index in [1.165, 1.54) is 12.8 Å². The van der Waals surface area contributed by atoms with E-state index >= 15 is 0 Å². The Morgan fingerprint density at radius 3 is 2.22 bits per heavy atom. The van der Waals surface area contributed by atoms with Crippen LogP contribution in [0.3, 0.4) is 0 Å². The van der Waals surface area contributed by atoms with Gasteiger partial charge < -0.3 is 20.7 Å². The van der Waals surface area contributed by atoms with Gasteiger partial charge in [-0.25, -0.2) is 9.36 Å². The van der Waals surface area contributed by atoms with Crippen molar-refractivity contribution in [1.82, 2.24) is 5.32 Å². The van der Waals surface area contributed by atoms with Crippen LogP contribution in [0.25, 0.3) is 0 Å². The summed E-state index contributed by atoms with van der Waals surface area (Å²) in [6.07, 6.45) is 22.8. The van der Waals surface area contributed by atoms with Gasteiger partial charge in [0, 0.05) is 19.5 Å². The van der Waals surface area contributed by atoms with Crippen molar-refractivity contribution in [1.29, 1.82) is 0 Å². The molecule has 1 atom stereocenters. The lowest BCUT2D eigenvalue weighted by atomic mass is 10.1. The van der Waals surface area contributed by atoms with Gasteiger partial charge in [0.25, 0.3) is 0 Å². The number of amides is 1. The number of ether oxygens (including phenoxy) is 1. The fraction of sp³-hybridized carbons (Fsp3) is 0.696. The van der Waals surface area contributed by atoms with Crippen molar-refractivity contribution in [3.8, 4) is 0 Å². The topological polar surface area (TPSA) is 120 Å². The summed E-state index contributed by atoms with van der Waals surface area (Å²) in [6.45, 7) is 2.84. The van der Waals surface area contributed by atoms with Gasteiger partial charge in [-0.05, 0) is 38.5 Å². The molecule has 0 aromatic carbocycles. The Morgan fingerprint density at radius 2 is 1.50 bits per heavy atom. The number of rotatable bonds is 21. The average Bonchev–Trinajstić information content (AvgIpc) is 2.77. The van der Waals surface area contributed by atoms with Crippen LogP contribution in [-0.2, 0) is 18.3 Å². The Morgan fingerprint density at radius 1 is 0.875 bits per heavy atom. The van der Waals surface area contributed by atoms with Crippen LogP contribution in [0.15, 0.2) is 36.5 Å². The van der Waals surface area contributed by atoms with Crippen molar-refractivity contribution in [2.24, 2.45) is 5.73 Å². The van der Waals surface area contributed by atoms with Gasteiger partial charge in [-0.3, -0.25) is 9.05 Å². The molecule has 0 aliphatic carbocycles. The van der Waals surface area contributed by atoms with Crippen molar-refractivity contribution < 1.29 is 28.0 Å². The molecule has 0 saturated heterocycles. The van der Waals surface area contributed by atoms with Crippen LogP contribution in [0.5, 0.6) is 0 Å². The molecular weight excluding hydrogens is 431 g/mol. The number of hydrogen-bond acceptors (Lipinski definition) is 6. The van der Waals surface area contributed by atoms with Gasteiger partial charge in [0.05, 0.1) is 19.8 Å². The van der Waals surface area contributed by atoms with Crippen LogP contribution in [0.1, 0.15) is 71.1 Å². The molecule has 0 aromatic rings. The average molecular weight is 475 g/mol. The molecule has 1 unspecified atom stereocenters. The predicted molar refractivity (Wildman–Crippen MR) is 129 cm³/mol. The van der Waals surface area contributed by atoms with Gasteiger partial charge in [-0.2, -0.15) is 0 Å². The summed E-state index contributed by atoms with van der Waals surface area (Å²) in [6, 6.07) is 0. The van der Waals surface area contributed by atoms with Crippen LogP contribution >= 0.6 is 7.82 Å². The molecular formula is C23H43N2O6P. The first kappa shape index (κ1) is 30.6. The third-order valence-electron chi connectivity index (χ3n) is 4.25. The van der Waals surface area contributed by atoms with E-state index in [1.807, 2.05) is 0 Å². The first-order valence-corrected chi connectivity index (χ1v) is 13.2. The normalized spacial score (nSPS) is 13.8. The molecule has 1 amide bonds. The maximum absolute atomic E-state index is 11.6. The molecule has 0 heterocycles. The minimum Gasteiger partial charge on any atom is -0.449 e. The second-order valence-corrected chi connectivity index (χ2v) is 8.64. The molecule has 32 heavy (non-hydrogen) atoms. The zero-order valence-corrected chi connectivity index (χ0v) is 20.5. The molecule has 0 rings (SSSR count). The molecule has 186 valence electrons. The van der Waals surface area contributed by atoms with E-state index in [9.17, 15) is 14.3 Å². The summed E-state index contributed by atoms with van der Waals surface area (Å²) >= 11 is 0. The van der Waals surface area contributed by atoms with Gasteiger partial charge in [-0.15, -0.1) is 0 Å². The summed E-state index contributed by atoms with van der Waals surface area (Å²) in [7, 11) is -4.06. The lowest BCUT2D eigenvalue weighted by Gasteiger charge is -2.11. The van der Waals surface area contributed by atoms with E-state index in [1.54, 1.807) is 0 Å². The van der Waals surface area contributed by atoms with E-state index in [0.717, 1.165) is 44.9 Å². The standard InChI is InChI=1S/C23H43N2O6P/c1-2-3-4-5-6-7-8-9-10-11-12-13-14-15-16-19-25-23(26)29-20-17-21-30-32(27,28)31-22-18-24/h3-4,6-7,9-10H,2,5,8,11-22,24H2,1H3,(H,25,26)(H,27,28). The highest BCUT2D eigenvalue weighted by Crippen LogP contribution is 2.42. The van der Waals surface area contributed by atoms with E-state index < -0.39 is 13.9 Å². The number of phosphoric acid groups is 1. The smallest absolute Gasteiger partial charge is 0.449 e. The summed E-state index contributed by atoms with van der Waals surface area (Å²) in [5.74, 6) is 0. The van der Waals surface area contributed by atoms with Crippen LogP contribution < -0.4 is 11.1 Å². The van der Waals surface area contributed by atoms with Gasteiger partial charge in [0.15, 0.2) is 0 Å². The maximum Gasteiger partial charge on any atom is 0.472 e. The number of nitrogens with two attached hydrogens (primary N) is 1. The van der Waals surface area contributed by atoms with E-state index in [-0.39, 0.29) is 26.4 Å². The second-order valence-electron chi connectivity index (χ2n) is 7.19. The fourth-order valence-corrected chi connectivity index (χ4v) is 3.37. The molecule has 4 N–H and O–H groups in total. The number of allylic oxidation sites excluding steroid dienone is 6. The van der Waals surface area contributed by atoms with Crippen LogP contribution in [-0.4, -0.2) is 43.9 Å². The monoisotopic (exact) mass is 474 g/mol. The Hall–Kier alpha value is -1.44. The van der Waals surface area contributed by atoms with E-state index in [0.29, 0.717) is 13.0 Å². The lowest BCUT2D eigenvalue weighted by Crippen LogP contribution is -2.25. The number of phosphoric ester groups is 1. The summed E-state index contributed by atoms with van der Waals surface area (Å²) in [5, 5.41) is 2.70. The van der Waals surface area contributed by atoms with E-state index in [2.05, 4.69) is 53.2 Å². The summed E-state index contributed by atoms with van der Waals surface area (Å²) < 4.78 is 25.7. The van der Waals surface area contributed by atoms with Crippen LogP contribution in [0.2, 0.25) is 0 Å². The number of nitrogens with one attached hydrogen (secondary N) is 1. The Bertz CT molecular complexity index is 581. The number of carbonyl (C=O) groups excluding carboxylic acids is 1. The molecule has 0 aliphatic rings. The largest absolute Gasteiger partial charge is 0.472 e. The van der Waals surface area contributed by atoms with Crippen molar-refractivity contribution in [3.05, 3.63) is 36.5 Å².